The summed E-state index contributed by atoms with van der Waals surface area (Å²) in [6.45, 7) is 1.87. The Hall–Kier alpha value is -2.90. The third-order valence-corrected chi connectivity index (χ3v) is 5.37. The molecule has 2 fully saturated rings. The molecule has 2 aliphatic carbocycles. The normalized spacial score (nSPS) is 32.0. The van der Waals surface area contributed by atoms with Crippen LogP contribution in [0.4, 0.5) is 10.5 Å². The molecule has 3 aliphatic rings. The largest absolute Gasteiger partial charge is 0.539 e. The second kappa shape index (κ2) is 5.58. The highest BCUT2D eigenvalue weighted by molar-refractivity contribution is 5.84. The molecule has 5 atom stereocenters. The summed E-state index contributed by atoms with van der Waals surface area (Å²) in [5, 5.41) is 11.7. The lowest BCUT2D eigenvalue weighted by atomic mass is 9.82. The molecule has 1 heterocycles. The molecule has 4 rings (SSSR count). The number of amides is 1. The summed E-state index contributed by atoms with van der Waals surface area (Å²) in [7, 11) is 0. The topological polar surface area (TPSA) is 99.0 Å². The molecule has 1 aromatic carbocycles. The van der Waals surface area contributed by atoms with Gasteiger partial charge >= 0.3 is 6.16 Å². The number of hydroxylamine groups is 2. The molecule has 0 N–H and O–H groups in total. The maximum Gasteiger partial charge on any atom is 0.539 e. The van der Waals surface area contributed by atoms with Crippen LogP contribution in [0.25, 0.3) is 0 Å². The zero-order chi connectivity index (χ0) is 17.7. The lowest BCUT2D eigenvalue weighted by Gasteiger charge is -2.24. The molecule has 5 unspecified atom stereocenters. The van der Waals surface area contributed by atoms with E-state index in [-0.39, 0.29) is 41.1 Å². The van der Waals surface area contributed by atoms with E-state index in [9.17, 15) is 19.7 Å². The lowest BCUT2D eigenvalue weighted by molar-refractivity contribution is -0.384. The Morgan fingerprint density at radius 2 is 1.92 bits per heavy atom. The lowest BCUT2D eigenvalue weighted by Crippen LogP contribution is -2.37. The van der Waals surface area contributed by atoms with Crippen LogP contribution in [0.3, 0.4) is 0 Å². The Bertz CT molecular complexity index is 774. The summed E-state index contributed by atoms with van der Waals surface area (Å²) in [6.07, 6.45) is 4.19. The summed E-state index contributed by atoms with van der Waals surface area (Å²) in [5.41, 5.74) is -0.111. The first-order valence-corrected chi connectivity index (χ1v) is 8.11. The molecule has 1 amide bonds. The number of benzene rings is 1. The van der Waals surface area contributed by atoms with Crippen molar-refractivity contribution >= 4 is 17.7 Å². The van der Waals surface area contributed by atoms with Crippen LogP contribution in [0.2, 0.25) is 0 Å². The van der Waals surface area contributed by atoms with E-state index in [1.165, 1.54) is 24.3 Å². The van der Waals surface area contributed by atoms with Crippen molar-refractivity contribution in [2.75, 3.05) is 0 Å². The molecule has 130 valence electrons. The second-order valence-corrected chi connectivity index (χ2v) is 6.65. The number of allylic oxidation sites excluding steroid dienone is 2. The van der Waals surface area contributed by atoms with Gasteiger partial charge in [0.1, 0.15) is 5.75 Å². The van der Waals surface area contributed by atoms with Crippen LogP contribution in [0.1, 0.15) is 13.3 Å². The fourth-order valence-corrected chi connectivity index (χ4v) is 4.33. The van der Waals surface area contributed by atoms with E-state index >= 15 is 0 Å². The van der Waals surface area contributed by atoms with Crippen molar-refractivity contribution in [3.63, 3.8) is 0 Å². The number of nitro groups is 1. The zero-order valence-electron chi connectivity index (χ0n) is 13.4. The SMILES string of the molecule is CC1C2C3C=CC(C3)C2C(=O)N1OC(=O)Oc1ccc([N+](=O)[O-])cc1. The average molecular weight is 344 g/mol. The van der Waals surface area contributed by atoms with Crippen LogP contribution in [0, 0.1) is 33.8 Å². The van der Waals surface area contributed by atoms with Gasteiger partial charge in [-0.15, -0.1) is 0 Å². The number of fused-ring (bicyclic) bond motifs is 5. The van der Waals surface area contributed by atoms with Gasteiger partial charge in [-0.2, -0.15) is 5.06 Å². The molecule has 25 heavy (non-hydrogen) atoms. The first-order chi connectivity index (χ1) is 12.0. The molecular weight excluding hydrogens is 328 g/mol. The first-order valence-electron chi connectivity index (χ1n) is 8.11. The van der Waals surface area contributed by atoms with Gasteiger partial charge in [0.15, 0.2) is 0 Å². The first kappa shape index (κ1) is 15.6. The molecule has 8 heteroatoms. The van der Waals surface area contributed by atoms with Crippen molar-refractivity contribution in [3.8, 4) is 5.75 Å². The van der Waals surface area contributed by atoms with E-state index < -0.39 is 11.1 Å². The Kier molecular flexibility index (Phi) is 3.48. The molecule has 1 aromatic rings. The van der Waals surface area contributed by atoms with Gasteiger partial charge in [0.25, 0.3) is 11.6 Å². The van der Waals surface area contributed by atoms with Gasteiger partial charge in [-0.3, -0.25) is 14.9 Å². The quantitative estimate of drug-likeness (QED) is 0.275. The second-order valence-electron chi connectivity index (χ2n) is 6.65. The monoisotopic (exact) mass is 344 g/mol. The van der Waals surface area contributed by atoms with E-state index in [1.807, 2.05) is 6.92 Å². The van der Waals surface area contributed by atoms with Crippen molar-refractivity contribution in [1.82, 2.24) is 5.06 Å². The highest BCUT2D eigenvalue weighted by atomic mass is 16.8. The van der Waals surface area contributed by atoms with Crippen molar-refractivity contribution in [2.45, 2.75) is 19.4 Å². The minimum Gasteiger partial charge on any atom is -0.393 e. The van der Waals surface area contributed by atoms with Crippen molar-refractivity contribution in [3.05, 3.63) is 46.5 Å². The summed E-state index contributed by atoms with van der Waals surface area (Å²) in [4.78, 5) is 39.8. The van der Waals surface area contributed by atoms with Crippen LogP contribution >= 0.6 is 0 Å². The fourth-order valence-electron chi connectivity index (χ4n) is 4.33. The molecular formula is C17H16N2O6. The predicted molar refractivity (Wildman–Crippen MR) is 84.2 cm³/mol. The molecule has 1 aliphatic heterocycles. The molecule has 8 nitrogen and oxygen atoms in total. The van der Waals surface area contributed by atoms with Crippen LogP contribution in [-0.2, 0) is 9.63 Å². The molecule has 0 aromatic heterocycles. The summed E-state index contributed by atoms with van der Waals surface area (Å²) >= 11 is 0. The molecule has 0 spiro atoms. The van der Waals surface area contributed by atoms with Gasteiger partial charge in [0.05, 0.1) is 16.9 Å². The minimum atomic E-state index is -1.03. The number of hydrogen-bond acceptors (Lipinski definition) is 6. The molecule has 1 saturated carbocycles. The molecule has 1 saturated heterocycles. The van der Waals surface area contributed by atoms with E-state index in [0.717, 1.165) is 11.5 Å². The zero-order valence-corrected chi connectivity index (χ0v) is 13.4. The number of hydrogen-bond donors (Lipinski definition) is 0. The molecule has 2 bridgehead atoms. The van der Waals surface area contributed by atoms with Gasteiger partial charge in [-0.1, -0.05) is 12.2 Å². The highest BCUT2D eigenvalue weighted by Gasteiger charge is 2.59. The summed E-state index contributed by atoms with van der Waals surface area (Å²) < 4.78 is 5.01. The Labute approximate surface area is 143 Å². The van der Waals surface area contributed by atoms with Gasteiger partial charge in [0, 0.05) is 18.1 Å². The van der Waals surface area contributed by atoms with Crippen LogP contribution in [0.5, 0.6) is 5.75 Å². The predicted octanol–water partition coefficient (Wildman–Crippen LogP) is 2.69. The van der Waals surface area contributed by atoms with Crippen LogP contribution in [-0.4, -0.2) is 28.1 Å². The average Bonchev–Trinajstić information content (AvgIpc) is 3.25. The van der Waals surface area contributed by atoms with Crippen molar-refractivity contribution < 1.29 is 24.1 Å². The van der Waals surface area contributed by atoms with E-state index in [0.29, 0.717) is 5.92 Å². The summed E-state index contributed by atoms with van der Waals surface area (Å²) in [5.74, 6) is 0.538. The number of non-ortho nitro benzene ring substituents is 1. The van der Waals surface area contributed by atoms with Crippen molar-refractivity contribution in [1.29, 1.82) is 0 Å². The van der Waals surface area contributed by atoms with Gasteiger partial charge in [-0.25, -0.2) is 4.79 Å². The standard InChI is InChI=1S/C17H16N2O6/c1-9-14-10-2-3-11(8-10)15(14)16(20)18(9)25-17(21)24-13-6-4-12(5-7-13)19(22)23/h2-7,9-11,14-15H,8H2,1H3. The number of ether oxygens (including phenoxy) is 1. The van der Waals surface area contributed by atoms with Gasteiger partial charge < -0.3 is 9.57 Å². The Morgan fingerprint density at radius 3 is 2.56 bits per heavy atom. The number of carbonyl (C=O) groups excluding carboxylic acids is 2. The van der Waals surface area contributed by atoms with Crippen molar-refractivity contribution in [2.24, 2.45) is 23.7 Å². The molecule has 0 radical (unpaired) electrons. The number of nitrogens with zero attached hydrogens (tertiary/aromatic N) is 2. The maximum absolute atomic E-state index is 12.6. The van der Waals surface area contributed by atoms with Crippen LogP contribution < -0.4 is 4.74 Å². The number of carbonyl (C=O) groups is 2. The smallest absolute Gasteiger partial charge is 0.393 e. The Balaban J connectivity index is 1.41. The number of nitro benzene ring substituents is 1. The third-order valence-electron chi connectivity index (χ3n) is 5.37. The highest BCUT2D eigenvalue weighted by Crippen LogP contribution is 2.54. The van der Waals surface area contributed by atoms with Gasteiger partial charge in [-0.05, 0) is 37.3 Å². The Morgan fingerprint density at radius 1 is 1.24 bits per heavy atom. The fraction of sp³-hybridized carbons (Fsp3) is 0.412. The summed E-state index contributed by atoms with van der Waals surface area (Å²) in [6, 6.07) is 4.84. The maximum atomic E-state index is 12.6. The minimum absolute atomic E-state index is 0.108. The van der Waals surface area contributed by atoms with E-state index in [1.54, 1.807) is 0 Å². The van der Waals surface area contributed by atoms with Crippen LogP contribution in [0.15, 0.2) is 36.4 Å². The van der Waals surface area contributed by atoms with E-state index in [4.69, 9.17) is 9.57 Å². The number of rotatable bonds is 3. The van der Waals surface area contributed by atoms with Gasteiger partial charge in [0.2, 0.25) is 0 Å². The third kappa shape index (κ3) is 2.45. The van der Waals surface area contributed by atoms with E-state index in [2.05, 4.69) is 12.2 Å².